The molecule has 2 heterocycles. The molecule has 1 fully saturated rings. The van der Waals surface area contributed by atoms with Gasteiger partial charge in [0.1, 0.15) is 0 Å². The van der Waals surface area contributed by atoms with Gasteiger partial charge in [-0.25, -0.2) is 8.42 Å². The van der Waals surface area contributed by atoms with E-state index in [0.717, 1.165) is 12.1 Å². The number of hydrogen-bond donors (Lipinski definition) is 2. The van der Waals surface area contributed by atoms with E-state index in [1.807, 2.05) is 12.1 Å². The Labute approximate surface area is 131 Å². The van der Waals surface area contributed by atoms with Gasteiger partial charge in [-0.3, -0.25) is 4.79 Å². The third-order valence-corrected chi connectivity index (χ3v) is 6.46. The number of hydrogen-bond acceptors (Lipinski definition) is 4. The number of carbonyl (C=O) groups excluding carboxylic acids is 1. The minimum Gasteiger partial charge on any atom is -0.348 e. The molecule has 0 spiro atoms. The van der Waals surface area contributed by atoms with Crippen molar-refractivity contribution in [3.63, 3.8) is 0 Å². The summed E-state index contributed by atoms with van der Waals surface area (Å²) in [5.74, 6) is 0.273. The first kappa shape index (κ1) is 15.5. The molecule has 0 saturated carbocycles. The zero-order chi connectivity index (χ0) is 15.7. The molecule has 2 N–H and O–H groups in total. The van der Waals surface area contributed by atoms with Crippen LogP contribution in [0.3, 0.4) is 0 Å². The van der Waals surface area contributed by atoms with Crippen LogP contribution in [0.25, 0.3) is 0 Å². The van der Waals surface area contributed by atoms with E-state index in [1.54, 1.807) is 0 Å². The summed E-state index contributed by atoms with van der Waals surface area (Å²) in [4.78, 5) is 12.3. The molecule has 3 unspecified atom stereocenters. The van der Waals surface area contributed by atoms with E-state index in [0.29, 0.717) is 12.8 Å². The molecule has 0 bridgehead atoms. The Morgan fingerprint density at radius 3 is 2.86 bits per heavy atom. The molecule has 5 nitrogen and oxygen atoms in total. The summed E-state index contributed by atoms with van der Waals surface area (Å²) in [6.45, 7) is 2.87. The molecule has 120 valence electrons. The van der Waals surface area contributed by atoms with E-state index in [4.69, 9.17) is 0 Å². The van der Waals surface area contributed by atoms with Gasteiger partial charge in [0, 0.05) is 19.0 Å². The van der Waals surface area contributed by atoms with Crippen LogP contribution in [-0.4, -0.2) is 31.9 Å². The van der Waals surface area contributed by atoms with Crippen molar-refractivity contribution in [3.05, 3.63) is 35.4 Å². The van der Waals surface area contributed by atoms with Crippen LogP contribution in [0.4, 0.5) is 0 Å². The van der Waals surface area contributed by atoms with Crippen LogP contribution >= 0.6 is 0 Å². The van der Waals surface area contributed by atoms with E-state index in [1.165, 1.54) is 5.56 Å². The van der Waals surface area contributed by atoms with Crippen LogP contribution in [0.5, 0.6) is 0 Å². The molecular weight excluding hydrogens is 300 g/mol. The lowest BCUT2D eigenvalue weighted by Gasteiger charge is -2.33. The molecular formula is C16H22N2O3S. The van der Waals surface area contributed by atoms with Gasteiger partial charge in [-0.1, -0.05) is 24.3 Å². The summed E-state index contributed by atoms with van der Waals surface area (Å²) in [6.07, 6.45) is 0.898. The molecule has 3 rings (SSSR count). The molecule has 22 heavy (non-hydrogen) atoms. The molecule has 6 heteroatoms. The van der Waals surface area contributed by atoms with Crippen molar-refractivity contribution in [1.29, 1.82) is 0 Å². The Morgan fingerprint density at radius 2 is 2.14 bits per heavy atom. The summed E-state index contributed by atoms with van der Waals surface area (Å²) in [5.41, 5.74) is 2.36. The van der Waals surface area contributed by atoms with Crippen molar-refractivity contribution < 1.29 is 13.2 Å². The fourth-order valence-corrected chi connectivity index (χ4v) is 5.25. The normalized spacial score (nSPS) is 29.8. The molecule has 0 radical (unpaired) electrons. The first-order valence-corrected chi connectivity index (χ1v) is 9.58. The number of rotatable bonds is 3. The van der Waals surface area contributed by atoms with Gasteiger partial charge in [0.25, 0.3) is 0 Å². The summed E-state index contributed by atoms with van der Waals surface area (Å²) in [6, 6.07) is 8.20. The van der Waals surface area contributed by atoms with E-state index < -0.39 is 9.84 Å². The predicted molar refractivity (Wildman–Crippen MR) is 85.0 cm³/mol. The molecule has 3 atom stereocenters. The maximum Gasteiger partial charge on any atom is 0.220 e. The molecule has 1 amide bonds. The van der Waals surface area contributed by atoms with Gasteiger partial charge in [-0.15, -0.1) is 0 Å². The minimum atomic E-state index is -2.93. The first-order valence-electron chi connectivity index (χ1n) is 7.75. The number of nitrogens with one attached hydrogen (secondary N) is 2. The Morgan fingerprint density at radius 1 is 1.36 bits per heavy atom. The maximum absolute atomic E-state index is 12.3. The summed E-state index contributed by atoms with van der Waals surface area (Å²) < 4.78 is 23.0. The topological polar surface area (TPSA) is 75.3 Å². The van der Waals surface area contributed by atoms with Crippen molar-refractivity contribution in [2.24, 2.45) is 5.92 Å². The summed E-state index contributed by atoms with van der Waals surface area (Å²) in [5, 5.41) is 6.47. The average molecular weight is 322 g/mol. The maximum atomic E-state index is 12.3. The third kappa shape index (κ3) is 3.33. The number of fused-ring (bicyclic) bond motifs is 1. The van der Waals surface area contributed by atoms with E-state index in [2.05, 4.69) is 29.7 Å². The Balaban J connectivity index is 1.66. The van der Waals surface area contributed by atoms with Crippen LogP contribution in [-0.2, 0) is 21.2 Å². The summed E-state index contributed by atoms with van der Waals surface area (Å²) >= 11 is 0. The molecule has 0 aliphatic carbocycles. The van der Waals surface area contributed by atoms with Crippen molar-refractivity contribution >= 4 is 15.7 Å². The Kier molecular flexibility index (Phi) is 4.23. The highest BCUT2D eigenvalue weighted by atomic mass is 32.2. The predicted octanol–water partition coefficient (Wildman–Crippen LogP) is 1.16. The highest BCUT2D eigenvalue weighted by Gasteiger charge is 2.31. The van der Waals surface area contributed by atoms with Crippen molar-refractivity contribution in [1.82, 2.24) is 10.6 Å². The Hall–Kier alpha value is -1.40. The molecule has 2 aliphatic heterocycles. The van der Waals surface area contributed by atoms with Crippen LogP contribution in [0.1, 0.15) is 36.9 Å². The number of benzene rings is 1. The highest BCUT2D eigenvalue weighted by Crippen LogP contribution is 2.27. The smallest absolute Gasteiger partial charge is 0.220 e. The second kappa shape index (κ2) is 6.01. The second-order valence-electron chi connectivity index (χ2n) is 6.39. The van der Waals surface area contributed by atoms with Gasteiger partial charge < -0.3 is 10.6 Å². The highest BCUT2D eigenvalue weighted by molar-refractivity contribution is 7.91. The monoisotopic (exact) mass is 322 g/mol. The lowest BCUT2D eigenvalue weighted by molar-refractivity contribution is -0.122. The van der Waals surface area contributed by atoms with E-state index in [-0.39, 0.29) is 35.4 Å². The average Bonchev–Trinajstić information content (AvgIpc) is 2.81. The van der Waals surface area contributed by atoms with Gasteiger partial charge in [0.05, 0.1) is 17.5 Å². The number of carbonyl (C=O) groups is 1. The van der Waals surface area contributed by atoms with Crippen molar-refractivity contribution in [2.45, 2.75) is 38.4 Å². The van der Waals surface area contributed by atoms with Gasteiger partial charge >= 0.3 is 0 Å². The van der Waals surface area contributed by atoms with Crippen LogP contribution in [0, 0.1) is 5.92 Å². The lowest BCUT2D eigenvalue weighted by atomic mass is 9.91. The van der Waals surface area contributed by atoms with E-state index >= 15 is 0 Å². The molecule has 1 saturated heterocycles. The second-order valence-corrected chi connectivity index (χ2v) is 8.62. The first-order chi connectivity index (χ1) is 10.4. The quantitative estimate of drug-likeness (QED) is 0.876. The van der Waals surface area contributed by atoms with Gasteiger partial charge in [-0.2, -0.15) is 0 Å². The van der Waals surface area contributed by atoms with Crippen molar-refractivity contribution in [3.8, 4) is 0 Å². The van der Waals surface area contributed by atoms with Gasteiger partial charge in [0.2, 0.25) is 5.91 Å². The van der Waals surface area contributed by atoms with E-state index in [9.17, 15) is 13.2 Å². The SMILES string of the molecule is CC1NCc2ccccc2C1NC(=O)CC1CCS(=O)(=O)C1. The number of sulfone groups is 1. The number of amides is 1. The fourth-order valence-electron chi connectivity index (χ4n) is 3.39. The third-order valence-electron chi connectivity index (χ3n) is 4.62. The molecule has 0 aromatic heterocycles. The van der Waals surface area contributed by atoms with Gasteiger partial charge in [-0.05, 0) is 30.4 Å². The fraction of sp³-hybridized carbons (Fsp3) is 0.562. The van der Waals surface area contributed by atoms with Crippen molar-refractivity contribution in [2.75, 3.05) is 11.5 Å². The van der Waals surface area contributed by atoms with Crippen LogP contribution in [0.2, 0.25) is 0 Å². The lowest BCUT2D eigenvalue weighted by Crippen LogP contribution is -2.46. The summed E-state index contributed by atoms with van der Waals surface area (Å²) in [7, 11) is -2.93. The zero-order valence-electron chi connectivity index (χ0n) is 12.7. The van der Waals surface area contributed by atoms with Gasteiger partial charge in [0.15, 0.2) is 9.84 Å². The Bertz CT molecular complexity index is 672. The van der Waals surface area contributed by atoms with Crippen LogP contribution in [0.15, 0.2) is 24.3 Å². The van der Waals surface area contributed by atoms with Crippen LogP contribution < -0.4 is 10.6 Å². The minimum absolute atomic E-state index is 0.0351. The largest absolute Gasteiger partial charge is 0.348 e. The molecule has 1 aromatic carbocycles. The standard InChI is InChI=1S/C16H22N2O3S/c1-11-16(14-5-3-2-4-13(14)9-17-11)18-15(19)8-12-6-7-22(20,21)10-12/h2-5,11-12,16-17H,6-10H2,1H3,(H,18,19). The molecule has 1 aromatic rings. The molecule has 2 aliphatic rings. The zero-order valence-corrected chi connectivity index (χ0v) is 13.5.